The Balaban J connectivity index is 2.09. The van der Waals surface area contributed by atoms with E-state index in [0.29, 0.717) is 5.69 Å². The van der Waals surface area contributed by atoms with E-state index in [9.17, 15) is 19.7 Å². The van der Waals surface area contributed by atoms with Crippen LogP contribution in [-0.2, 0) is 4.79 Å². The third kappa shape index (κ3) is 4.29. The second kappa shape index (κ2) is 7.23. The van der Waals surface area contributed by atoms with E-state index in [-0.39, 0.29) is 11.3 Å². The van der Waals surface area contributed by atoms with Gasteiger partial charge in [0, 0.05) is 17.8 Å². The summed E-state index contributed by atoms with van der Waals surface area (Å²) in [4.78, 5) is 33.1. The number of nitrogens with zero attached hydrogens (tertiary/aromatic N) is 1. The smallest absolute Gasteiger partial charge is 0.335 e. The van der Waals surface area contributed by atoms with Crippen molar-refractivity contribution < 1.29 is 24.4 Å². The molecule has 2 aromatic carbocycles. The summed E-state index contributed by atoms with van der Waals surface area (Å²) < 4.78 is 5.14. The molecule has 0 aliphatic carbocycles. The van der Waals surface area contributed by atoms with E-state index in [1.54, 1.807) is 18.2 Å². The summed E-state index contributed by atoms with van der Waals surface area (Å²) in [6, 6.07) is 10.2. The van der Waals surface area contributed by atoms with Crippen molar-refractivity contribution in [1.82, 2.24) is 0 Å². The topological polar surface area (TPSA) is 119 Å². The van der Waals surface area contributed by atoms with Crippen LogP contribution in [0.4, 0.5) is 11.4 Å². The summed E-state index contributed by atoms with van der Waals surface area (Å²) in [5.74, 6) is -2.05. The highest BCUT2D eigenvalue weighted by Crippen LogP contribution is 2.28. The van der Waals surface area contributed by atoms with Crippen molar-refractivity contribution >= 4 is 23.3 Å². The van der Waals surface area contributed by atoms with Gasteiger partial charge in [0.1, 0.15) is 0 Å². The fourth-order valence-corrected chi connectivity index (χ4v) is 1.98. The number of rotatable bonds is 6. The van der Waals surface area contributed by atoms with Gasteiger partial charge in [0.15, 0.2) is 12.4 Å². The fourth-order valence-electron chi connectivity index (χ4n) is 1.98. The minimum absolute atomic E-state index is 0.172. The standard InChI is InChI=1S/C16H14N2O6/c1-10-3-2-4-12(7-10)17-15(19)9-24-14-8-11(16(20)21)5-6-13(14)18(22)23/h2-8H,9H2,1H3,(H,17,19)(H,20,21). The normalized spacial score (nSPS) is 10.0. The van der Waals surface area contributed by atoms with Crippen LogP contribution in [0.25, 0.3) is 0 Å². The van der Waals surface area contributed by atoms with Gasteiger partial charge in [0.05, 0.1) is 10.5 Å². The van der Waals surface area contributed by atoms with E-state index in [2.05, 4.69) is 5.32 Å². The molecule has 2 rings (SSSR count). The van der Waals surface area contributed by atoms with Crippen molar-refractivity contribution in [2.45, 2.75) is 6.92 Å². The van der Waals surface area contributed by atoms with Crippen LogP contribution in [-0.4, -0.2) is 28.5 Å². The number of aromatic carboxylic acids is 1. The van der Waals surface area contributed by atoms with Crippen LogP contribution in [0, 0.1) is 17.0 Å². The average molecular weight is 330 g/mol. The first-order valence-corrected chi connectivity index (χ1v) is 6.88. The lowest BCUT2D eigenvalue weighted by molar-refractivity contribution is -0.385. The molecule has 0 radical (unpaired) electrons. The van der Waals surface area contributed by atoms with Crippen molar-refractivity contribution in [1.29, 1.82) is 0 Å². The van der Waals surface area contributed by atoms with Crippen LogP contribution in [0.15, 0.2) is 42.5 Å². The van der Waals surface area contributed by atoms with E-state index in [1.165, 1.54) is 0 Å². The molecule has 8 heteroatoms. The molecule has 0 aliphatic heterocycles. The lowest BCUT2D eigenvalue weighted by Crippen LogP contribution is -2.20. The van der Waals surface area contributed by atoms with Crippen LogP contribution < -0.4 is 10.1 Å². The summed E-state index contributed by atoms with van der Waals surface area (Å²) in [5, 5.41) is 22.5. The lowest BCUT2D eigenvalue weighted by atomic mass is 10.2. The van der Waals surface area contributed by atoms with Crippen molar-refractivity contribution in [3.8, 4) is 5.75 Å². The molecule has 0 unspecified atom stereocenters. The first-order valence-electron chi connectivity index (χ1n) is 6.88. The zero-order valence-corrected chi connectivity index (χ0v) is 12.7. The summed E-state index contributed by atoms with van der Waals surface area (Å²) >= 11 is 0. The molecule has 0 heterocycles. The molecule has 0 fully saturated rings. The van der Waals surface area contributed by atoms with Gasteiger partial charge in [0.2, 0.25) is 0 Å². The number of nitro benzene ring substituents is 1. The van der Waals surface area contributed by atoms with Gasteiger partial charge in [-0.3, -0.25) is 14.9 Å². The van der Waals surface area contributed by atoms with E-state index < -0.39 is 29.1 Å². The Kier molecular flexibility index (Phi) is 5.10. The number of hydrogen-bond acceptors (Lipinski definition) is 5. The highest BCUT2D eigenvalue weighted by atomic mass is 16.6. The monoisotopic (exact) mass is 330 g/mol. The number of anilines is 1. The van der Waals surface area contributed by atoms with Gasteiger partial charge in [-0.25, -0.2) is 4.79 Å². The summed E-state index contributed by atoms with van der Waals surface area (Å²) in [7, 11) is 0. The molecule has 0 atom stereocenters. The van der Waals surface area contributed by atoms with E-state index >= 15 is 0 Å². The zero-order chi connectivity index (χ0) is 17.7. The summed E-state index contributed by atoms with van der Waals surface area (Å²) in [6.07, 6.45) is 0. The molecule has 0 bridgehead atoms. The average Bonchev–Trinajstić information content (AvgIpc) is 2.52. The number of amides is 1. The third-order valence-corrected chi connectivity index (χ3v) is 3.06. The SMILES string of the molecule is Cc1cccc(NC(=O)COc2cc(C(=O)O)ccc2[N+](=O)[O-])c1. The van der Waals surface area contributed by atoms with Crippen molar-refractivity contribution in [2.24, 2.45) is 0 Å². The lowest BCUT2D eigenvalue weighted by Gasteiger charge is -2.09. The van der Waals surface area contributed by atoms with E-state index in [0.717, 1.165) is 23.8 Å². The summed E-state index contributed by atoms with van der Waals surface area (Å²) in [6.45, 7) is 1.38. The van der Waals surface area contributed by atoms with Crippen LogP contribution >= 0.6 is 0 Å². The van der Waals surface area contributed by atoms with Crippen molar-refractivity contribution in [2.75, 3.05) is 11.9 Å². The molecule has 0 saturated heterocycles. The Hall–Kier alpha value is -3.42. The number of carbonyl (C=O) groups excluding carboxylic acids is 1. The number of ether oxygens (including phenoxy) is 1. The molecule has 0 spiro atoms. The number of aryl methyl sites for hydroxylation is 1. The largest absolute Gasteiger partial charge is 0.478 e. The van der Waals surface area contributed by atoms with Gasteiger partial charge in [0.25, 0.3) is 5.91 Å². The third-order valence-electron chi connectivity index (χ3n) is 3.06. The number of carboxylic acids is 1. The Morgan fingerprint density at radius 2 is 2.00 bits per heavy atom. The Morgan fingerprint density at radius 3 is 2.62 bits per heavy atom. The van der Waals surface area contributed by atoms with Crippen molar-refractivity contribution in [3.63, 3.8) is 0 Å². The number of carboxylic acid groups (broad SMARTS) is 1. The number of nitro groups is 1. The van der Waals surface area contributed by atoms with Crippen LogP contribution in [0.2, 0.25) is 0 Å². The molecule has 124 valence electrons. The predicted molar refractivity (Wildman–Crippen MR) is 85.4 cm³/mol. The second-order valence-electron chi connectivity index (χ2n) is 4.95. The molecule has 8 nitrogen and oxygen atoms in total. The predicted octanol–water partition coefficient (Wildman–Crippen LogP) is 2.62. The number of benzene rings is 2. The molecule has 24 heavy (non-hydrogen) atoms. The molecule has 0 saturated carbocycles. The maximum Gasteiger partial charge on any atom is 0.335 e. The van der Waals surface area contributed by atoms with Crippen molar-refractivity contribution in [3.05, 3.63) is 63.7 Å². The second-order valence-corrected chi connectivity index (χ2v) is 4.95. The first-order chi connectivity index (χ1) is 11.4. The number of nitrogens with one attached hydrogen (secondary N) is 1. The number of carbonyl (C=O) groups is 2. The molecule has 2 aromatic rings. The highest BCUT2D eigenvalue weighted by Gasteiger charge is 2.19. The van der Waals surface area contributed by atoms with Gasteiger partial charge >= 0.3 is 11.7 Å². The molecule has 0 aromatic heterocycles. The summed E-state index contributed by atoms with van der Waals surface area (Å²) in [5.41, 5.74) is 0.939. The first kappa shape index (κ1) is 16.9. The van der Waals surface area contributed by atoms with E-state index in [4.69, 9.17) is 9.84 Å². The van der Waals surface area contributed by atoms with E-state index in [1.807, 2.05) is 13.0 Å². The Morgan fingerprint density at radius 1 is 1.25 bits per heavy atom. The Bertz CT molecular complexity index is 803. The van der Waals surface area contributed by atoms with Gasteiger partial charge in [-0.05, 0) is 30.7 Å². The highest BCUT2D eigenvalue weighted by molar-refractivity contribution is 5.92. The molecule has 1 amide bonds. The zero-order valence-electron chi connectivity index (χ0n) is 12.7. The molecule has 2 N–H and O–H groups in total. The van der Waals surface area contributed by atoms with Crippen LogP contribution in [0.5, 0.6) is 5.75 Å². The quantitative estimate of drug-likeness (QED) is 0.621. The van der Waals surface area contributed by atoms with Gasteiger partial charge < -0.3 is 15.2 Å². The minimum atomic E-state index is -1.25. The van der Waals surface area contributed by atoms with Gasteiger partial charge in [-0.2, -0.15) is 0 Å². The molecular weight excluding hydrogens is 316 g/mol. The molecular formula is C16H14N2O6. The van der Waals surface area contributed by atoms with Crippen LogP contribution in [0.3, 0.4) is 0 Å². The van der Waals surface area contributed by atoms with Gasteiger partial charge in [-0.15, -0.1) is 0 Å². The van der Waals surface area contributed by atoms with Gasteiger partial charge in [-0.1, -0.05) is 12.1 Å². The maximum atomic E-state index is 11.9. The van der Waals surface area contributed by atoms with Crippen LogP contribution in [0.1, 0.15) is 15.9 Å². The maximum absolute atomic E-state index is 11.9. The minimum Gasteiger partial charge on any atom is -0.478 e. The number of hydrogen-bond donors (Lipinski definition) is 2. The molecule has 0 aliphatic rings. The fraction of sp³-hybridized carbons (Fsp3) is 0.125. The Labute approximate surface area is 136 Å².